The molecular formula is C37H33Cl2N3O5S. The molecule has 0 aromatic heterocycles. The third-order valence-electron chi connectivity index (χ3n) is 7.24. The van der Waals surface area contributed by atoms with Crippen molar-refractivity contribution in [3.05, 3.63) is 153 Å². The van der Waals surface area contributed by atoms with Crippen molar-refractivity contribution >= 4 is 51.0 Å². The van der Waals surface area contributed by atoms with Crippen molar-refractivity contribution < 1.29 is 22.7 Å². The highest BCUT2D eigenvalue weighted by Gasteiger charge is 2.26. The molecule has 5 aromatic carbocycles. The van der Waals surface area contributed by atoms with Crippen molar-refractivity contribution in [2.75, 3.05) is 10.9 Å². The van der Waals surface area contributed by atoms with Crippen LogP contribution in [0, 0.1) is 6.92 Å². The van der Waals surface area contributed by atoms with E-state index in [4.69, 9.17) is 32.7 Å². The lowest BCUT2D eigenvalue weighted by Crippen LogP contribution is -2.31. The van der Waals surface area contributed by atoms with E-state index in [1.807, 2.05) is 32.0 Å². The number of nitrogens with one attached hydrogen (secondary N) is 1. The first kappa shape index (κ1) is 34.5. The van der Waals surface area contributed by atoms with Crippen LogP contribution < -0.4 is 19.2 Å². The Morgan fingerprint density at radius 2 is 1.56 bits per heavy atom. The van der Waals surface area contributed by atoms with Gasteiger partial charge in [0.1, 0.15) is 6.61 Å². The van der Waals surface area contributed by atoms with Gasteiger partial charge in [0.15, 0.2) is 11.5 Å². The average molecular weight is 703 g/mol. The summed E-state index contributed by atoms with van der Waals surface area (Å²) in [6, 6.07) is 32.8. The lowest BCUT2D eigenvalue weighted by molar-refractivity contribution is 0.0955. The fourth-order valence-electron chi connectivity index (χ4n) is 4.81. The summed E-state index contributed by atoms with van der Waals surface area (Å²) < 4.78 is 40.6. The molecule has 0 aliphatic rings. The molecule has 5 aromatic rings. The minimum Gasteiger partial charge on any atom is -0.490 e. The number of rotatable bonds is 13. The van der Waals surface area contributed by atoms with Crippen LogP contribution in [0.4, 0.5) is 5.69 Å². The zero-order valence-corrected chi connectivity index (χ0v) is 28.6. The quantitative estimate of drug-likeness (QED) is 0.0982. The molecule has 0 saturated heterocycles. The monoisotopic (exact) mass is 701 g/mol. The Kier molecular flexibility index (Phi) is 11.4. The number of hydrogen-bond acceptors (Lipinski definition) is 6. The fourth-order valence-corrected chi connectivity index (χ4v) is 6.72. The van der Waals surface area contributed by atoms with Gasteiger partial charge in [0, 0.05) is 15.6 Å². The van der Waals surface area contributed by atoms with E-state index >= 15 is 0 Å². The Morgan fingerprint density at radius 3 is 2.29 bits per heavy atom. The maximum absolute atomic E-state index is 13.8. The van der Waals surface area contributed by atoms with E-state index < -0.39 is 15.9 Å². The second-order valence-corrected chi connectivity index (χ2v) is 13.4. The summed E-state index contributed by atoms with van der Waals surface area (Å²) in [7, 11) is -3.93. The maximum Gasteiger partial charge on any atom is 0.271 e. The van der Waals surface area contributed by atoms with Gasteiger partial charge < -0.3 is 9.47 Å². The van der Waals surface area contributed by atoms with E-state index in [2.05, 4.69) is 10.5 Å². The van der Waals surface area contributed by atoms with Gasteiger partial charge in [0.05, 0.1) is 29.9 Å². The molecule has 11 heteroatoms. The number of anilines is 1. The van der Waals surface area contributed by atoms with Gasteiger partial charge in [-0.15, -0.1) is 0 Å². The van der Waals surface area contributed by atoms with Crippen LogP contribution in [0.25, 0.3) is 0 Å². The summed E-state index contributed by atoms with van der Waals surface area (Å²) in [5, 5.41) is 5.17. The summed E-state index contributed by atoms with van der Waals surface area (Å²) in [4.78, 5) is 13.0. The molecule has 0 saturated carbocycles. The number of amides is 1. The number of benzene rings is 5. The van der Waals surface area contributed by atoms with Gasteiger partial charge in [-0.05, 0) is 103 Å². The van der Waals surface area contributed by atoms with Crippen molar-refractivity contribution in [1.82, 2.24) is 5.43 Å². The molecule has 0 radical (unpaired) electrons. The number of ether oxygens (including phenoxy) is 2. The number of halogens is 2. The molecule has 0 spiro atoms. The fraction of sp³-hybridized carbons (Fsp3) is 0.135. The van der Waals surface area contributed by atoms with Crippen LogP contribution in [0.5, 0.6) is 11.5 Å². The molecule has 0 bridgehead atoms. The molecule has 0 heterocycles. The minimum absolute atomic E-state index is 0.0272. The maximum atomic E-state index is 13.8. The Balaban J connectivity index is 1.26. The first-order valence-corrected chi connectivity index (χ1v) is 17.2. The molecule has 0 unspecified atom stereocenters. The molecule has 0 aliphatic carbocycles. The first-order valence-electron chi connectivity index (χ1n) is 15.0. The van der Waals surface area contributed by atoms with Gasteiger partial charge in [0.25, 0.3) is 15.9 Å². The van der Waals surface area contributed by atoms with Gasteiger partial charge in [-0.2, -0.15) is 5.10 Å². The van der Waals surface area contributed by atoms with Crippen molar-refractivity contribution in [3.8, 4) is 11.5 Å². The molecule has 1 amide bonds. The number of carbonyl (C=O) groups excluding carboxylic acids is 1. The zero-order chi connectivity index (χ0) is 34.1. The summed E-state index contributed by atoms with van der Waals surface area (Å²) >= 11 is 12.3. The molecule has 5 rings (SSSR count). The van der Waals surface area contributed by atoms with Gasteiger partial charge in [0.2, 0.25) is 0 Å². The topological polar surface area (TPSA) is 97.3 Å². The van der Waals surface area contributed by atoms with Crippen LogP contribution in [0.3, 0.4) is 0 Å². The van der Waals surface area contributed by atoms with E-state index in [0.29, 0.717) is 57.1 Å². The lowest BCUT2D eigenvalue weighted by atomic mass is 10.1. The number of carbonyl (C=O) groups is 1. The van der Waals surface area contributed by atoms with Crippen molar-refractivity contribution in [2.24, 2.45) is 5.10 Å². The second kappa shape index (κ2) is 15.8. The standard InChI is InChI=1S/C37H33Cl2N3O5S/c1-3-46-36-21-28(15-19-35(36)47-25-29-8-7-9-31(38)20-29)23-40-41-37(43)30-16-13-27(14-17-30)24-42(34-22-32(39)18-12-26(34)2)48(44,45)33-10-5-4-6-11-33/h4-23H,3,24-25H2,1-2H3,(H,41,43)/b40-23-. The predicted octanol–water partition coefficient (Wildman–Crippen LogP) is 8.44. The minimum atomic E-state index is -3.93. The van der Waals surface area contributed by atoms with Crippen LogP contribution in [0.15, 0.2) is 125 Å². The second-order valence-electron chi connectivity index (χ2n) is 10.7. The Morgan fingerprint density at radius 1 is 0.812 bits per heavy atom. The molecule has 8 nitrogen and oxygen atoms in total. The zero-order valence-electron chi connectivity index (χ0n) is 26.3. The molecular weight excluding hydrogens is 669 g/mol. The molecule has 48 heavy (non-hydrogen) atoms. The van der Waals surface area contributed by atoms with Crippen molar-refractivity contribution in [2.45, 2.75) is 31.9 Å². The highest BCUT2D eigenvalue weighted by atomic mass is 35.5. The molecule has 1 N–H and O–H groups in total. The summed E-state index contributed by atoms with van der Waals surface area (Å²) in [6.45, 7) is 4.50. The third kappa shape index (κ3) is 8.74. The van der Waals surface area contributed by atoms with Gasteiger partial charge in [-0.1, -0.05) is 71.7 Å². The Labute approximate surface area is 290 Å². The molecule has 0 atom stereocenters. The first-order chi connectivity index (χ1) is 23.1. The van der Waals surface area contributed by atoms with Crippen LogP contribution >= 0.6 is 23.2 Å². The van der Waals surface area contributed by atoms with E-state index in [1.165, 1.54) is 10.5 Å². The summed E-state index contributed by atoms with van der Waals surface area (Å²) in [6.07, 6.45) is 1.51. The van der Waals surface area contributed by atoms with Crippen LogP contribution in [-0.2, 0) is 23.2 Å². The highest BCUT2D eigenvalue weighted by Crippen LogP contribution is 2.32. The number of hydrazone groups is 1. The molecule has 0 fully saturated rings. The van der Waals surface area contributed by atoms with E-state index in [9.17, 15) is 13.2 Å². The summed E-state index contributed by atoms with van der Waals surface area (Å²) in [5.74, 6) is 0.684. The average Bonchev–Trinajstić information content (AvgIpc) is 3.09. The third-order valence-corrected chi connectivity index (χ3v) is 9.49. The lowest BCUT2D eigenvalue weighted by Gasteiger charge is -2.26. The van der Waals surface area contributed by atoms with Gasteiger partial charge in [-0.3, -0.25) is 9.10 Å². The van der Waals surface area contributed by atoms with Crippen LogP contribution in [0.2, 0.25) is 10.0 Å². The predicted molar refractivity (Wildman–Crippen MR) is 191 cm³/mol. The highest BCUT2D eigenvalue weighted by molar-refractivity contribution is 7.92. The molecule has 246 valence electrons. The van der Waals surface area contributed by atoms with Crippen molar-refractivity contribution in [3.63, 3.8) is 0 Å². The smallest absolute Gasteiger partial charge is 0.271 e. The van der Waals surface area contributed by atoms with Gasteiger partial charge in [-0.25, -0.2) is 13.8 Å². The largest absolute Gasteiger partial charge is 0.490 e. The molecule has 0 aliphatic heterocycles. The summed E-state index contributed by atoms with van der Waals surface area (Å²) in [5.41, 5.74) is 6.41. The SMILES string of the molecule is CCOc1cc(/C=N\NC(=O)c2ccc(CN(c3cc(Cl)ccc3C)S(=O)(=O)c3ccccc3)cc2)ccc1OCc1cccc(Cl)c1. The van der Waals surface area contributed by atoms with Crippen LogP contribution in [-0.4, -0.2) is 27.1 Å². The number of aryl methyl sites for hydroxylation is 1. The Hall–Kier alpha value is -4.83. The van der Waals surface area contributed by atoms with Gasteiger partial charge >= 0.3 is 0 Å². The van der Waals surface area contributed by atoms with E-state index in [0.717, 1.165) is 11.1 Å². The number of sulfonamides is 1. The number of hydrogen-bond donors (Lipinski definition) is 1. The normalized spacial score (nSPS) is 11.3. The van der Waals surface area contributed by atoms with Crippen LogP contribution in [0.1, 0.15) is 39.5 Å². The van der Waals surface area contributed by atoms with E-state index in [1.54, 1.807) is 97.1 Å². The van der Waals surface area contributed by atoms with Crippen molar-refractivity contribution in [1.29, 1.82) is 0 Å². The van der Waals surface area contributed by atoms with E-state index in [-0.39, 0.29) is 11.4 Å². The number of nitrogens with zero attached hydrogens (tertiary/aromatic N) is 2. The Bertz CT molecular complexity index is 2020.